The SMILES string of the molecule is Cn1cc(C(=O)N[C@H]2CC(C)(C)OC2(C)C)c([C@H]2CCOC2)n1. The van der Waals surface area contributed by atoms with Gasteiger partial charge >= 0.3 is 0 Å². The van der Waals surface area contributed by atoms with E-state index in [1.54, 1.807) is 10.9 Å². The maximum absolute atomic E-state index is 12.8. The highest BCUT2D eigenvalue weighted by Crippen LogP contribution is 2.37. The van der Waals surface area contributed by atoms with Crippen LogP contribution in [-0.4, -0.2) is 46.1 Å². The van der Waals surface area contributed by atoms with Crippen molar-refractivity contribution in [2.75, 3.05) is 13.2 Å². The summed E-state index contributed by atoms with van der Waals surface area (Å²) in [5.74, 6) is 0.139. The smallest absolute Gasteiger partial charge is 0.255 e. The second-order valence-electron chi connectivity index (χ2n) is 7.86. The van der Waals surface area contributed by atoms with Crippen LogP contribution in [0.5, 0.6) is 0 Å². The zero-order valence-corrected chi connectivity index (χ0v) is 14.7. The molecule has 0 unspecified atom stereocenters. The summed E-state index contributed by atoms with van der Waals surface area (Å²) in [5, 5.41) is 7.66. The highest BCUT2D eigenvalue weighted by atomic mass is 16.5. The van der Waals surface area contributed by atoms with Gasteiger partial charge in [0, 0.05) is 25.8 Å². The van der Waals surface area contributed by atoms with Crippen LogP contribution in [0.3, 0.4) is 0 Å². The molecule has 6 heteroatoms. The van der Waals surface area contributed by atoms with Crippen LogP contribution in [0.2, 0.25) is 0 Å². The first-order chi connectivity index (χ1) is 10.7. The number of amides is 1. The molecule has 0 spiro atoms. The van der Waals surface area contributed by atoms with Gasteiger partial charge in [0.05, 0.1) is 35.1 Å². The summed E-state index contributed by atoms with van der Waals surface area (Å²) in [5.41, 5.74) is 0.901. The number of carbonyl (C=O) groups is 1. The fraction of sp³-hybridized carbons (Fsp3) is 0.765. The molecule has 23 heavy (non-hydrogen) atoms. The summed E-state index contributed by atoms with van der Waals surface area (Å²) >= 11 is 0. The molecule has 1 aromatic rings. The van der Waals surface area contributed by atoms with Gasteiger partial charge in [-0.15, -0.1) is 0 Å². The average Bonchev–Trinajstić information content (AvgIpc) is 3.07. The van der Waals surface area contributed by atoms with E-state index in [4.69, 9.17) is 9.47 Å². The van der Waals surface area contributed by atoms with E-state index in [1.807, 2.05) is 20.9 Å². The molecule has 2 atom stereocenters. The minimum atomic E-state index is -0.377. The number of nitrogens with zero attached hydrogens (tertiary/aromatic N) is 2. The Morgan fingerprint density at radius 3 is 2.70 bits per heavy atom. The maximum atomic E-state index is 12.8. The summed E-state index contributed by atoms with van der Waals surface area (Å²) in [7, 11) is 1.85. The van der Waals surface area contributed by atoms with Crippen molar-refractivity contribution < 1.29 is 14.3 Å². The third-order valence-corrected chi connectivity index (χ3v) is 4.80. The quantitative estimate of drug-likeness (QED) is 0.925. The van der Waals surface area contributed by atoms with Crippen molar-refractivity contribution in [3.05, 3.63) is 17.5 Å². The van der Waals surface area contributed by atoms with Gasteiger partial charge in [0.15, 0.2) is 0 Å². The summed E-state index contributed by atoms with van der Waals surface area (Å²) < 4.78 is 13.2. The Hall–Kier alpha value is -1.40. The monoisotopic (exact) mass is 321 g/mol. The number of aromatic nitrogens is 2. The van der Waals surface area contributed by atoms with Crippen LogP contribution in [0.15, 0.2) is 6.20 Å². The zero-order valence-electron chi connectivity index (χ0n) is 14.7. The van der Waals surface area contributed by atoms with Gasteiger partial charge in [-0.1, -0.05) is 0 Å². The van der Waals surface area contributed by atoms with E-state index >= 15 is 0 Å². The lowest BCUT2D eigenvalue weighted by molar-refractivity contribution is -0.0693. The van der Waals surface area contributed by atoms with E-state index in [-0.39, 0.29) is 29.1 Å². The minimum Gasteiger partial charge on any atom is -0.381 e. The lowest BCUT2D eigenvalue weighted by atomic mass is 9.93. The van der Waals surface area contributed by atoms with Crippen molar-refractivity contribution in [1.82, 2.24) is 15.1 Å². The van der Waals surface area contributed by atoms with Crippen LogP contribution < -0.4 is 5.32 Å². The Labute approximate surface area is 137 Å². The second kappa shape index (κ2) is 5.60. The predicted molar refractivity (Wildman–Crippen MR) is 86.5 cm³/mol. The molecule has 3 heterocycles. The Kier molecular flexibility index (Phi) is 4.01. The van der Waals surface area contributed by atoms with Gasteiger partial charge in [-0.2, -0.15) is 5.10 Å². The molecule has 2 fully saturated rings. The number of nitrogens with one attached hydrogen (secondary N) is 1. The summed E-state index contributed by atoms with van der Waals surface area (Å²) in [6.45, 7) is 9.56. The van der Waals surface area contributed by atoms with Crippen LogP contribution in [0, 0.1) is 0 Å². The Bertz CT molecular complexity index is 600. The van der Waals surface area contributed by atoms with Gasteiger partial charge < -0.3 is 14.8 Å². The van der Waals surface area contributed by atoms with E-state index in [9.17, 15) is 4.79 Å². The van der Waals surface area contributed by atoms with Crippen LogP contribution >= 0.6 is 0 Å². The highest BCUT2D eigenvalue weighted by Gasteiger charge is 2.46. The van der Waals surface area contributed by atoms with Crippen LogP contribution in [-0.2, 0) is 16.5 Å². The van der Waals surface area contributed by atoms with Crippen LogP contribution in [0.4, 0.5) is 0 Å². The second-order valence-corrected chi connectivity index (χ2v) is 7.86. The van der Waals surface area contributed by atoms with Gasteiger partial charge in [0.25, 0.3) is 5.91 Å². The third kappa shape index (κ3) is 3.28. The van der Waals surface area contributed by atoms with Crippen molar-refractivity contribution in [3.63, 3.8) is 0 Å². The zero-order chi connectivity index (χ0) is 16.8. The third-order valence-electron chi connectivity index (χ3n) is 4.80. The molecule has 128 valence electrons. The molecule has 0 saturated carbocycles. The molecule has 1 amide bonds. The maximum Gasteiger partial charge on any atom is 0.255 e. The molecular formula is C17H27N3O3. The Morgan fingerprint density at radius 2 is 2.13 bits per heavy atom. The molecule has 2 aliphatic rings. The van der Waals surface area contributed by atoms with Gasteiger partial charge in [0.1, 0.15) is 0 Å². The molecule has 6 nitrogen and oxygen atoms in total. The van der Waals surface area contributed by atoms with Crippen molar-refractivity contribution in [2.24, 2.45) is 7.05 Å². The molecule has 2 saturated heterocycles. The minimum absolute atomic E-state index is 0.0158. The highest BCUT2D eigenvalue weighted by molar-refractivity contribution is 5.95. The van der Waals surface area contributed by atoms with Crippen molar-refractivity contribution in [1.29, 1.82) is 0 Å². The van der Waals surface area contributed by atoms with Crippen LogP contribution in [0.1, 0.15) is 62.5 Å². The summed E-state index contributed by atoms with van der Waals surface area (Å²) in [6.07, 6.45) is 3.52. The van der Waals surface area contributed by atoms with Crippen molar-refractivity contribution >= 4 is 5.91 Å². The van der Waals surface area contributed by atoms with E-state index in [1.165, 1.54) is 0 Å². The molecule has 0 radical (unpaired) electrons. The average molecular weight is 321 g/mol. The topological polar surface area (TPSA) is 65.4 Å². The standard InChI is InChI=1S/C17H27N3O3/c1-16(2)8-13(17(3,4)23-16)18-15(21)12-9-20(5)19-14(12)11-6-7-22-10-11/h9,11,13H,6-8,10H2,1-5H3,(H,18,21)/t11-,13-/m0/s1. The number of hydrogen-bond acceptors (Lipinski definition) is 4. The Morgan fingerprint density at radius 1 is 1.39 bits per heavy atom. The summed E-state index contributed by atoms with van der Waals surface area (Å²) in [6, 6.07) is -0.0158. The number of ether oxygens (including phenoxy) is 2. The van der Waals surface area contributed by atoms with Gasteiger partial charge in [-0.05, 0) is 40.5 Å². The first-order valence-corrected chi connectivity index (χ1v) is 8.30. The summed E-state index contributed by atoms with van der Waals surface area (Å²) in [4.78, 5) is 12.8. The van der Waals surface area contributed by atoms with Gasteiger partial charge in [-0.3, -0.25) is 9.48 Å². The molecule has 0 bridgehead atoms. The fourth-order valence-electron chi connectivity index (χ4n) is 3.76. The van der Waals surface area contributed by atoms with Crippen molar-refractivity contribution in [2.45, 2.75) is 63.7 Å². The van der Waals surface area contributed by atoms with E-state index in [2.05, 4.69) is 24.3 Å². The number of hydrogen-bond donors (Lipinski definition) is 1. The molecule has 3 rings (SSSR count). The molecular weight excluding hydrogens is 294 g/mol. The number of aryl methyl sites for hydroxylation is 1. The lowest BCUT2D eigenvalue weighted by Crippen LogP contribution is -2.46. The van der Waals surface area contributed by atoms with Crippen molar-refractivity contribution in [3.8, 4) is 0 Å². The molecule has 0 aromatic carbocycles. The fourth-order valence-corrected chi connectivity index (χ4v) is 3.76. The van der Waals surface area contributed by atoms with Gasteiger partial charge in [-0.25, -0.2) is 0 Å². The molecule has 0 aliphatic carbocycles. The first kappa shape index (κ1) is 16.5. The van der Waals surface area contributed by atoms with E-state index in [0.29, 0.717) is 12.2 Å². The normalized spacial score (nSPS) is 28.9. The largest absolute Gasteiger partial charge is 0.381 e. The van der Waals surface area contributed by atoms with E-state index < -0.39 is 0 Å². The van der Waals surface area contributed by atoms with E-state index in [0.717, 1.165) is 25.1 Å². The number of carbonyl (C=O) groups excluding carboxylic acids is 1. The first-order valence-electron chi connectivity index (χ1n) is 8.30. The Balaban J connectivity index is 1.79. The predicted octanol–water partition coefficient (Wildman–Crippen LogP) is 2.00. The van der Waals surface area contributed by atoms with Gasteiger partial charge in [0.2, 0.25) is 0 Å². The molecule has 1 aromatic heterocycles. The number of rotatable bonds is 3. The molecule has 2 aliphatic heterocycles. The lowest BCUT2D eigenvalue weighted by Gasteiger charge is -2.27. The molecule has 1 N–H and O–H groups in total. The van der Waals surface area contributed by atoms with Crippen LogP contribution in [0.25, 0.3) is 0 Å².